The highest BCUT2D eigenvalue weighted by molar-refractivity contribution is 5.74. The second kappa shape index (κ2) is 7.09. The van der Waals surface area contributed by atoms with E-state index >= 15 is 0 Å². The number of piperazine rings is 1. The molecular formula is C14H25N3O4. The Morgan fingerprint density at radius 2 is 1.81 bits per heavy atom. The van der Waals surface area contributed by atoms with Gasteiger partial charge in [-0.25, -0.2) is 4.79 Å². The van der Waals surface area contributed by atoms with Gasteiger partial charge in [0.2, 0.25) is 0 Å². The number of nitrogens with one attached hydrogen (secondary N) is 1. The molecule has 2 aliphatic rings. The highest BCUT2D eigenvalue weighted by atomic mass is 16.5. The van der Waals surface area contributed by atoms with Gasteiger partial charge in [0, 0.05) is 45.9 Å². The van der Waals surface area contributed by atoms with Crippen molar-refractivity contribution in [3.05, 3.63) is 0 Å². The highest BCUT2D eigenvalue weighted by Gasteiger charge is 2.29. The van der Waals surface area contributed by atoms with Crippen LogP contribution in [-0.4, -0.2) is 79.4 Å². The number of hydrogen-bond acceptors (Lipinski definition) is 4. The lowest BCUT2D eigenvalue weighted by atomic mass is 9.82. The van der Waals surface area contributed by atoms with E-state index in [1.54, 1.807) is 4.90 Å². The normalized spacial score (nSPS) is 22.8. The van der Waals surface area contributed by atoms with E-state index in [0.717, 1.165) is 26.1 Å². The van der Waals surface area contributed by atoms with Crippen LogP contribution in [0.15, 0.2) is 0 Å². The van der Waals surface area contributed by atoms with E-state index < -0.39 is 5.97 Å². The van der Waals surface area contributed by atoms with Crippen molar-refractivity contribution >= 4 is 12.0 Å². The van der Waals surface area contributed by atoms with Gasteiger partial charge < -0.3 is 20.1 Å². The van der Waals surface area contributed by atoms with Crippen molar-refractivity contribution in [1.82, 2.24) is 15.1 Å². The summed E-state index contributed by atoms with van der Waals surface area (Å²) in [6, 6.07) is -0.0438. The van der Waals surface area contributed by atoms with Crippen LogP contribution >= 0.6 is 0 Å². The van der Waals surface area contributed by atoms with Gasteiger partial charge in [0.1, 0.15) is 0 Å². The molecule has 0 unspecified atom stereocenters. The van der Waals surface area contributed by atoms with Gasteiger partial charge in [-0.15, -0.1) is 0 Å². The van der Waals surface area contributed by atoms with Gasteiger partial charge in [0.25, 0.3) is 0 Å². The molecule has 2 saturated heterocycles. The SMILES string of the molecule is CC1(CNC(=O)N2CCN(CC(=O)O)CC2)CCOCC1. The molecule has 2 amide bonds. The molecule has 7 heteroatoms. The van der Waals surface area contributed by atoms with E-state index in [2.05, 4.69) is 12.2 Å². The molecule has 7 nitrogen and oxygen atoms in total. The molecule has 21 heavy (non-hydrogen) atoms. The fourth-order valence-corrected chi connectivity index (χ4v) is 2.74. The maximum atomic E-state index is 12.2. The number of amides is 2. The number of ether oxygens (including phenoxy) is 1. The number of nitrogens with zero attached hydrogens (tertiary/aromatic N) is 2. The van der Waals surface area contributed by atoms with E-state index in [1.807, 2.05) is 4.90 Å². The van der Waals surface area contributed by atoms with Crippen LogP contribution in [0.1, 0.15) is 19.8 Å². The van der Waals surface area contributed by atoms with Crippen LogP contribution in [-0.2, 0) is 9.53 Å². The lowest BCUT2D eigenvalue weighted by Crippen LogP contribution is -2.53. The van der Waals surface area contributed by atoms with Crippen molar-refractivity contribution in [1.29, 1.82) is 0 Å². The quantitative estimate of drug-likeness (QED) is 0.776. The third-order valence-corrected chi connectivity index (χ3v) is 4.38. The molecule has 0 spiro atoms. The first kappa shape index (κ1) is 16.0. The van der Waals surface area contributed by atoms with Crippen molar-refractivity contribution in [3.63, 3.8) is 0 Å². The smallest absolute Gasteiger partial charge is 0.317 e. The Kier molecular flexibility index (Phi) is 5.41. The summed E-state index contributed by atoms with van der Waals surface area (Å²) in [5, 5.41) is 11.8. The lowest BCUT2D eigenvalue weighted by Gasteiger charge is -2.36. The Bertz CT molecular complexity index is 374. The fourth-order valence-electron chi connectivity index (χ4n) is 2.74. The summed E-state index contributed by atoms with van der Waals surface area (Å²) in [5.74, 6) is -0.819. The third-order valence-electron chi connectivity index (χ3n) is 4.38. The van der Waals surface area contributed by atoms with Gasteiger partial charge in [-0.2, -0.15) is 0 Å². The number of carboxylic acids is 1. The minimum atomic E-state index is -0.819. The number of carbonyl (C=O) groups is 2. The van der Waals surface area contributed by atoms with Crippen LogP contribution in [0.3, 0.4) is 0 Å². The van der Waals surface area contributed by atoms with E-state index in [-0.39, 0.29) is 18.0 Å². The predicted molar refractivity (Wildman–Crippen MR) is 77.2 cm³/mol. The fraction of sp³-hybridized carbons (Fsp3) is 0.857. The summed E-state index contributed by atoms with van der Waals surface area (Å²) in [7, 11) is 0. The maximum absolute atomic E-state index is 12.2. The number of rotatable bonds is 4. The molecule has 0 aromatic heterocycles. The Labute approximate surface area is 125 Å². The first-order valence-corrected chi connectivity index (χ1v) is 7.53. The van der Waals surface area contributed by atoms with Crippen LogP contribution in [0, 0.1) is 5.41 Å². The zero-order valence-electron chi connectivity index (χ0n) is 12.6. The molecule has 2 fully saturated rings. The summed E-state index contributed by atoms with van der Waals surface area (Å²) in [6.45, 7) is 6.83. The molecule has 0 aliphatic carbocycles. The molecule has 2 heterocycles. The number of carbonyl (C=O) groups excluding carboxylic acids is 1. The van der Waals surface area contributed by atoms with Crippen molar-refractivity contribution in [2.24, 2.45) is 5.41 Å². The predicted octanol–water partition coefficient (Wildman–Crippen LogP) is 0.215. The number of carboxylic acid groups (broad SMARTS) is 1. The molecule has 2 aliphatic heterocycles. The summed E-state index contributed by atoms with van der Waals surface area (Å²) >= 11 is 0. The summed E-state index contributed by atoms with van der Waals surface area (Å²) < 4.78 is 5.35. The summed E-state index contributed by atoms with van der Waals surface area (Å²) in [6.07, 6.45) is 1.94. The molecule has 0 aromatic rings. The Balaban J connectivity index is 1.71. The average Bonchev–Trinajstić information content (AvgIpc) is 2.46. The molecule has 0 bridgehead atoms. The van der Waals surface area contributed by atoms with E-state index in [4.69, 9.17) is 9.84 Å². The topological polar surface area (TPSA) is 82.1 Å². The van der Waals surface area contributed by atoms with Crippen LogP contribution in [0.5, 0.6) is 0 Å². The second-order valence-electron chi connectivity index (χ2n) is 6.24. The molecule has 0 saturated carbocycles. The monoisotopic (exact) mass is 299 g/mol. The minimum Gasteiger partial charge on any atom is -0.480 e. The van der Waals surface area contributed by atoms with E-state index in [9.17, 15) is 9.59 Å². The minimum absolute atomic E-state index is 0.0438. The Morgan fingerprint density at radius 3 is 2.38 bits per heavy atom. The second-order valence-corrected chi connectivity index (χ2v) is 6.24. The molecule has 2 N–H and O–H groups in total. The lowest BCUT2D eigenvalue weighted by molar-refractivity contribution is -0.138. The molecule has 0 radical (unpaired) electrons. The van der Waals surface area contributed by atoms with Gasteiger partial charge in [-0.3, -0.25) is 9.69 Å². The standard InChI is InChI=1S/C14H25N3O4/c1-14(2-8-21-9-3-14)11-15-13(20)17-6-4-16(5-7-17)10-12(18)19/h2-11H2,1H3,(H,15,20)(H,18,19). The number of hydrogen-bond donors (Lipinski definition) is 2. The summed E-state index contributed by atoms with van der Waals surface area (Å²) in [4.78, 5) is 26.4. The number of aliphatic carboxylic acids is 1. The van der Waals surface area contributed by atoms with Crippen LogP contribution in [0.25, 0.3) is 0 Å². The maximum Gasteiger partial charge on any atom is 0.317 e. The third kappa shape index (κ3) is 4.86. The van der Waals surface area contributed by atoms with Gasteiger partial charge in [0.15, 0.2) is 0 Å². The zero-order valence-corrected chi connectivity index (χ0v) is 12.6. The largest absolute Gasteiger partial charge is 0.480 e. The van der Waals surface area contributed by atoms with Gasteiger partial charge in [-0.1, -0.05) is 6.92 Å². The average molecular weight is 299 g/mol. The van der Waals surface area contributed by atoms with Crippen molar-refractivity contribution in [2.45, 2.75) is 19.8 Å². The van der Waals surface area contributed by atoms with E-state index in [1.165, 1.54) is 0 Å². The van der Waals surface area contributed by atoms with Crippen LogP contribution in [0.4, 0.5) is 4.79 Å². The Morgan fingerprint density at radius 1 is 1.19 bits per heavy atom. The Hall–Kier alpha value is -1.34. The van der Waals surface area contributed by atoms with E-state index in [0.29, 0.717) is 32.7 Å². The van der Waals surface area contributed by atoms with Gasteiger partial charge in [0.05, 0.1) is 6.54 Å². The molecule has 0 atom stereocenters. The zero-order chi connectivity index (χ0) is 15.3. The van der Waals surface area contributed by atoms with Crippen LogP contribution < -0.4 is 5.32 Å². The molecule has 120 valence electrons. The highest BCUT2D eigenvalue weighted by Crippen LogP contribution is 2.28. The molecular weight excluding hydrogens is 274 g/mol. The van der Waals surface area contributed by atoms with Crippen molar-refractivity contribution in [2.75, 3.05) is 52.5 Å². The van der Waals surface area contributed by atoms with Crippen LogP contribution in [0.2, 0.25) is 0 Å². The molecule has 0 aromatic carbocycles. The molecule has 2 rings (SSSR count). The van der Waals surface area contributed by atoms with Crippen molar-refractivity contribution in [3.8, 4) is 0 Å². The van der Waals surface area contributed by atoms with Crippen molar-refractivity contribution < 1.29 is 19.4 Å². The van der Waals surface area contributed by atoms with Gasteiger partial charge >= 0.3 is 12.0 Å². The first-order chi connectivity index (χ1) is 9.98. The first-order valence-electron chi connectivity index (χ1n) is 7.53. The van der Waals surface area contributed by atoms with Gasteiger partial charge in [-0.05, 0) is 18.3 Å². The summed E-state index contributed by atoms with van der Waals surface area (Å²) in [5.41, 5.74) is 0.124. The number of urea groups is 1.